The molecule has 0 radical (unpaired) electrons. The van der Waals surface area contributed by atoms with Crippen molar-refractivity contribution in [2.75, 3.05) is 6.54 Å². The molecule has 1 aliphatic carbocycles. The molecule has 1 aromatic heterocycles. The summed E-state index contributed by atoms with van der Waals surface area (Å²) < 4.78 is 0. The fourth-order valence-corrected chi connectivity index (χ4v) is 3.39. The number of nitrogens with one attached hydrogen (secondary N) is 1. The summed E-state index contributed by atoms with van der Waals surface area (Å²) >= 11 is 0. The van der Waals surface area contributed by atoms with Crippen molar-refractivity contribution < 1.29 is 4.79 Å². The Labute approximate surface area is 159 Å². The molecule has 3 aromatic rings. The van der Waals surface area contributed by atoms with Crippen molar-refractivity contribution in [3.63, 3.8) is 0 Å². The monoisotopic (exact) mass is 357 g/mol. The van der Waals surface area contributed by atoms with Gasteiger partial charge in [-0.05, 0) is 31.4 Å². The molecule has 1 heterocycles. The molecular weight excluding hydrogens is 334 g/mol. The number of nitrogens with zero attached hydrogens (tertiary/aromatic N) is 2. The molecule has 0 atom stereocenters. The van der Waals surface area contributed by atoms with E-state index in [4.69, 9.17) is 0 Å². The summed E-state index contributed by atoms with van der Waals surface area (Å²) in [6.07, 6.45) is 4.24. The molecule has 4 rings (SSSR count). The van der Waals surface area contributed by atoms with E-state index in [1.165, 1.54) is 5.56 Å². The molecule has 1 fully saturated rings. The molecule has 1 saturated carbocycles. The highest BCUT2D eigenvalue weighted by Crippen LogP contribution is 2.48. The van der Waals surface area contributed by atoms with Crippen molar-refractivity contribution in [3.05, 3.63) is 83.8 Å². The summed E-state index contributed by atoms with van der Waals surface area (Å²) in [7, 11) is 0. The normalized spacial score (nSPS) is 14.6. The number of carbonyl (C=O) groups excluding carboxylic acids is 1. The number of hydrogen-bond donors (Lipinski definition) is 1. The van der Waals surface area contributed by atoms with Crippen LogP contribution in [0.5, 0.6) is 0 Å². The number of carbonyl (C=O) groups is 1. The zero-order valence-corrected chi connectivity index (χ0v) is 15.5. The zero-order chi connectivity index (χ0) is 18.7. The van der Waals surface area contributed by atoms with E-state index in [1.54, 1.807) is 6.20 Å². The lowest BCUT2D eigenvalue weighted by molar-refractivity contribution is -0.123. The van der Waals surface area contributed by atoms with Crippen molar-refractivity contribution in [2.24, 2.45) is 0 Å². The second-order valence-corrected chi connectivity index (χ2v) is 7.18. The Bertz CT molecular complexity index is 931. The van der Waals surface area contributed by atoms with Crippen molar-refractivity contribution in [3.8, 4) is 11.3 Å². The Balaban J connectivity index is 1.37. The van der Waals surface area contributed by atoms with Crippen LogP contribution < -0.4 is 5.32 Å². The van der Waals surface area contributed by atoms with Crippen LogP contribution >= 0.6 is 0 Å². The maximum Gasteiger partial charge on any atom is 0.230 e. The first-order valence-electron chi connectivity index (χ1n) is 9.40. The minimum Gasteiger partial charge on any atom is -0.355 e. The second-order valence-electron chi connectivity index (χ2n) is 7.18. The summed E-state index contributed by atoms with van der Waals surface area (Å²) in [5, 5.41) is 3.09. The summed E-state index contributed by atoms with van der Waals surface area (Å²) in [6, 6.07) is 20.3. The van der Waals surface area contributed by atoms with Crippen LogP contribution in [0.15, 0.2) is 66.9 Å². The number of aryl methyl sites for hydroxylation is 1. The first kappa shape index (κ1) is 17.4. The lowest BCUT2D eigenvalue weighted by Gasteiger charge is -2.16. The fourth-order valence-electron chi connectivity index (χ4n) is 3.39. The van der Waals surface area contributed by atoms with Crippen LogP contribution in [0.3, 0.4) is 0 Å². The van der Waals surface area contributed by atoms with E-state index in [-0.39, 0.29) is 11.3 Å². The third-order valence-electron chi connectivity index (χ3n) is 5.20. The van der Waals surface area contributed by atoms with Gasteiger partial charge in [0, 0.05) is 24.7 Å². The highest BCUT2D eigenvalue weighted by molar-refractivity contribution is 5.91. The zero-order valence-electron chi connectivity index (χ0n) is 15.5. The standard InChI is InChI=1S/C23H23N3O/c1-17-7-9-19(10-8-17)23(13-14-23)22(27)25-16-12-21-24-15-11-20(26-21)18-5-3-2-4-6-18/h2-11,15H,12-14,16H2,1H3,(H,25,27). The molecule has 1 N–H and O–H groups in total. The molecule has 0 aliphatic heterocycles. The molecule has 2 aromatic carbocycles. The van der Waals surface area contributed by atoms with Gasteiger partial charge in [-0.1, -0.05) is 60.2 Å². The van der Waals surface area contributed by atoms with Crippen molar-refractivity contribution in [1.29, 1.82) is 0 Å². The van der Waals surface area contributed by atoms with E-state index in [0.29, 0.717) is 13.0 Å². The SMILES string of the molecule is Cc1ccc(C2(C(=O)NCCc3nccc(-c4ccccc4)n3)CC2)cc1. The van der Waals surface area contributed by atoms with E-state index >= 15 is 0 Å². The molecule has 0 spiro atoms. The molecule has 4 heteroatoms. The maximum atomic E-state index is 12.7. The van der Waals surface area contributed by atoms with Gasteiger partial charge in [-0.15, -0.1) is 0 Å². The Kier molecular flexibility index (Phi) is 4.71. The van der Waals surface area contributed by atoms with Crippen LogP contribution in [0, 0.1) is 6.92 Å². The number of rotatable bonds is 6. The smallest absolute Gasteiger partial charge is 0.230 e. The minimum atomic E-state index is -0.333. The van der Waals surface area contributed by atoms with Crippen molar-refractivity contribution in [2.45, 2.75) is 31.6 Å². The number of amides is 1. The van der Waals surface area contributed by atoms with E-state index in [0.717, 1.165) is 35.5 Å². The van der Waals surface area contributed by atoms with Gasteiger partial charge in [0.2, 0.25) is 5.91 Å². The van der Waals surface area contributed by atoms with Crippen molar-refractivity contribution >= 4 is 5.91 Å². The molecule has 1 aliphatic rings. The van der Waals surface area contributed by atoms with Gasteiger partial charge in [-0.25, -0.2) is 9.97 Å². The summed E-state index contributed by atoms with van der Waals surface area (Å²) in [5.41, 5.74) is 3.98. The lowest BCUT2D eigenvalue weighted by Crippen LogP contribution is -2.36. The van der Waals surface area contributed by atoms with E-state index in [9.17, 15) is 4.79 Å². The van der Waals surface area contributed by atoms with Crippen molar-refractivity contribution in [1.82, 2.24) is 15.3 Å². The Morgan fingerprint density at radius 2 is 1.78 bits per heavy atom. The molecule has 27 heavy (non-hydrogen) atoms. The third kappa shape index (κ3) is 3.75. The Morgan fingerprint density at radius 3 is 2.48 bits per heavy atom. The quantitative estimate of drug-likeness (QED) is 0.729. The number of aromatic nitrogens is 2. The highest BCUT2D eigenvalue weighted by atomic mass is 16.2. The van der Waals surface area contributed by atoms with Crippen LogP contribution in [-0.2, 0) is 16.6 Å². The number of benzene rings is 2. The maximum absolute atomic E-state index is 12.7. The van der Waals surface area contributed by atoms with Gasteiger partial charge in [0.05, 0.1) is 11.1 Å². The lowest BCUT2D eigenvalue weighted by atomic mass is 9.94. The van der Waals surface area contributed by atoms with Crippen LogP contribution in [0.25, 0.3) is 11.3 Å². The van der Waals surface area contributed by atoms with E-state index in [1.807, 2.05) is 36.4 Å². The molecule has 1 amide bonds. The van der Waals surface area contributed by atoms with Gasteiger partial charge in [0.15, 0.2) is 0 Å². The van der Waals surface area contributed by atoms with Gasteiger partial charge in [0.1, 0.15) is 5.82 Å². The van der Waals surface area contributed by atoms with Gasteiger partial charge in [0.25, 0.3) is 0 Å². The van der Waals surface area contributed by atoms with Crippen LogP contribution in [-0.4, -0.2) is 22.4 Å². The topological polar surface area (TPSA) is 54.9 Å². The molecular formula is C23H23N3O. The average Bonchev–Trinajstić information content (AvgIpc) is 3.51. The molecule has 136 valence electrons. The molecule has 4 nitrogen and oxygen atoms in total. The van der Waals surface area contributed by atoms with Gasteiger partial charge < -0.3 is 5.32 Å². The fraction of sp³-hybridized carbons (Fsp3) is 0.261. The second kappa shape index (κ2) is 7.31. The van der Waals surface area contributed by atoms with E-state index in [2.05, 4.69) is 46.5 Å². The molecule has 0 unspecified atom stereocenters. The minimum absolute atomic E-state index is 0.116. The number of hydrogen-bond acceptors (Lipinski definition) is 3. The first-order valence-corrected chi connectivity index (χ1v) is 9.40. The molecule has 0 saturated heterocycles. The predicted octanol–water partition coefficient (Wildman–Crippen LogP) is 3.84. The van der Waals surface area contributed by atoms with Gasteiger partial charge in [-0.3, -0.25) is 4.79 Å². The summed E-state index contributed by atoms with van der Waals surface area (Å²) in [6.45, 7) is 2.61. The average molecular weight is 357 g/mol. The summed E-state index contributed by atoms with van der Waals surface area (Å²) in [5.74, 6) is 0.863. The van der Waals surface area contributed by atoms with E-state index < -0.39 is 0 Å². The molecule has 0 bridgehead atoms. The Hall–Kier alpha value is -3.01. The predicted molar refractivity (Wildman–Crippen MR) is 106 cm³/mol. The summed E-state index contributed by atoms with van der Waals surface area (Å²) in [4.78, 5) is 21.7. The Morgan fingerprint density at radius 1 is 1.04 bits per heavy atom. The first-order chi connectivity index (χ1) is 13.2. The van der Waals surface area contributed by atoms with Crippen LogP contribution in [0.1, 0.15) is 29.8 Å². The largest absolute Gasteiger partial charge is 0.355 e. The third-order valence-corrected chi connectivity index (χ3v) is 5.20. The van der Waals surface area contributed by atoms with Crippen LogP contribution in [0.2, 0.25) is 0 Å². The van der Waals surface area contributed by atoms with Gasteiger partial charge in [-0.2, -0.15) is 0 Å². The van der Waals surface area contributed by atoms with Crippen LogP contribution in [0.4, 0.5) is 0 Å². The highest BCUT2D eigenvalue weighted by Gasteiger charge is 2.50. The van der Waals surface area contributed by atoms with Gasteiger partial charge >= 0.3 is 0 Å².